The quantitative estimate of drug-likeness (QED) is 0.0511. The lowest BCUT2D eigenvalue weighted by Crippen LogP contribution is -2.61. The number of carboxylic acids is 1. The van der Waals surface area contributed by atoms with Crippen molar-refractivity contribution in [2.24, 2.45) is 23.1 Å². The first kappa shape index (κ1) is 42.7. The van der Waals surface area contributed by atoms with Crippen molar-refractivity contribution in [3.8, 4) is 0 Å². The number of unbranched alkanes of at least 4 members (excludes halogenated alkanes) is 1. The Morgan fingerprint density at radius 2 is 1.45 bits per heavy atom. The minimum absolute atomic E-state index is 0.0102. The molecule has 0 aromatic rings. The number of carbonyl (C=O) groups is 8. The van der Waals surface area contributed by atoms with Crippen LogP contribution in [0.25, 0.3) is 0 Å². The molecule has 7 amide bonds. The van der Waals surface area contributed by atoms with Gasteiger partial charge in [-0.25, -0.2) is 0 Å². The first-order valence-corrected chi connectivity index (χ1v) is 16.3. The Morgan fingerprint density at radius 1 is 0.816 bits per heavy atom. The third-order valence-corrected chi connectivity index (χ3v) is 7.77. The first-order chi connectivity index (χ1) is 22.9. The summed E-state index contributed by atoms with van der Waals surface area (Å²) in [5.41, 5.74) is 16.4. The second kappa shape index (κ2) is 20.9. The summed E-state index contributed by atoms with van der Waals surface area (Å²) in [6.07, 6.45) is -0.166. The number of nitrogens with one attached hydrogen (secondary N) is 5. The third-order valence-electron chi connectivity index (χ3n) is 7.77. The molecule has 0 saturated carbocycles. The van der Waals surface area contributed by atoms with Gasteiger partial charge in [-0.2, -0.15) is 0 Å². The Hall–Kier alpha value is -4.36. The minimum Gasteiger partial charge on any atom is -0.480 e. The molecular weight excluding hydrogens is 646 g/mol. The predicted molar refractivity (Wildman–Crippen MR) is 175 cm³/mol. The molecule has 0 aromatic heterocycles. The molecule has 1 heterocycles. The number of hydrogen-bond donors (Lipinski definition) is 10. The van der Waals surface area contributed by atoms with E-state index in [4.69, 9.17) is 22.3 Å². The predicted octanol–water partition coefficient (Wildman–Crippen LogP) is -4.10. The molecule has 0 radical (unpaired) electrons. The first-order valence-electron chi connectivity index (χ1n) is 16.3. The van der Waals surface area contributed by atoms with Gasteiger partial charge in [-0.05, 0) is 64.8 Å². The van der Waals surface area contributed by atoms with E-state index in [-0.39, 0.29) is 38.3 Å². The fourth-order valence-corrected chi connectivity index (χ4v) is 5.18. The lowest BCUT2D eigenvalue weighted by molar-refractivity contribution is -0.143. The molecule has 7 atom stereocenters. The fourth-order valence-electron chi connectivity index (χ4n) is 5.18. The summed E-state index contributed by atoms with van der Waals surface area (Å²) >= 11 is 0. The van der Waals surface area contributed by atoms with Crippen LogP contribution in [0.4, 0.5) is 0 Å². The average molecular weight is 700 g/mol. The number of nitrogens with zero attached hydrogens (tertiary/aromatic N) is 1. The molecule has 1 fully saturated rings. The number of amides is 7. The Bertz CT molecular complexity index is 1200. The molecule has 13 N–H and O–H groups in total. The normalized spacial score (nSPS) is 17.9. The Balaban J connectivity index is 3.21. The summed E-state index contributed by atoms with van der Waals surface area (Å²) in [6, 6.07) is -7.80. The highest BCUT2D eigenvalue weighted by atomic mass is 16.4. The maximum absolute atomic E-state index is 13.9. The summed E-state index contributed by atoms with van der Waals surface area (Å²) in [4.78, 5) is 103. The maximum atomic E-state index is 13.9. The van der Waals surface area contributed by atoms with Crippen LogP contribution >= 0.6 is 0 Å². The highest BCUT2D eigenvalue weighted by Gasteiger charge is 2.40. The molecule has 0 unspecified atom stereocenters. The molecule has 19 heteroatoms. The van der Waals surface area contributed by atoms with E-state index in [0.29, 0.717) is 25.8 Å². The zero-order valence-electron chi connectivity index (χ0n) is 28.5. The van der Waals surface area contributed by atoms with E-state index in [1.165, 1.54) is 18.7 Å². The lowest BCUT2D eigenvalue weighted by atomic mass is 10.0. The van der Waals surface area contributed by atoms with Crippen molar-refractivity contribution in [1.29, 1.82) is 0 Å². The summed E-state index contributed by atoms with van der Waals surface area (Å²) in [7, 11) is 0. The highest BCUT2D eigenvalue weighted by Crippen LogP contribution is 2.21. The number of aliphatic carboxylic acids is 1. The summed E-state index contributed by atoms with van der Waals surface area (Å²) < 4.78 is 0. The molecule has 0 bridgehead atoms. The smallest absolute Gasteiger partial charge is 0.325 e. The lowest BCUT2D eigenvalue weighted by Gasteiger charge is -2.31. The molecule has 19 nitrogen and oxygen atoms in total. The number of aliphatic hydroxyl groups excluding tert-OH is 1. The van der Waals surface area contributed by atoms with E-state index >= 15 is 0 Å². The topological polar surface area (TPSA) is 318 Å². The standard InChI is InChI=1S/C30H53N9O10/c1-15(2)12-19(35-23(42)14-32)25(43)36-18(8-5-6-10-31)29(47)39-11-7-9-21(39)27(45)37-20(13-22(33)41)26(44)38-24(17(4)40)28(46)34-16(3)30(48)49/h15-21,24,40H,5-14,31-32H2,1-4H3,(H2,33,41)(H,34,46)(H,35,42)(H,36,43)(H,37,45)(H,38,44)(H,48,49)/t16-,17+,18-,19-,20-,21-,24-/m0/s1. The molecule has 1 aliphatic rings. The van der Waals surface area contributed by atoms with E-state index in [9.17, 15) is 43.5 Å². The van der Waals surface area contributed by atoms with Crippen molar-refractivity contribution in [2.75, 3.05) is 19.6 Å². The number of carbonyl (C=O) groups excluding carboxylic acids is 7. The van der Waals surface area contributed by atoms with Gasteiger partial charge in [0.25, 0.3) is 0 Å². The second-order valence-electron chi connectivity index (χ2n) is 12.5. The van der Waals surface area contributed by atoms with Crippen LogP contribution in [0.3, 0.4) is 0 Å². The van der Waals surface area contributed by atoms with E-state index in [1.807, 2.05) is 13.8 Å². The molecule has 0 aromatic carbocycles. The Morgan fingerprint density at radius 3 is 1.98 bits per heavy atom. The summed E-state index contributed by atoms with van der Waals surface area (Å²) in [5.74, 6) is -6.99. The molecular formula is C30H53N9O10. The van der Waals surface area contributed by atoms with Gasteiger partial charge in [-0.1, -0.05) is 13.8 Å². The number of likely N-dealkylation sites (tertiary alicyclic amines) is 1. The van der Waals surface area contributed by atoms with Crippen LogP contribution in [-0.2, 0) is 38.4 Å². The monoisotopic (exact) mass is 699 g/mol. The minimum atomic E-state index is -1.65. The number of carboxylic acid groups (broad SMARTS) is 1. The van der Waals surface area contributed by atoms with Crippen LogP contribution in [0.15, 0.2) is 0 Å². The third kappa shape index (κ3) is 14.3. The van der Waals surface area contributed by atoms with E-state index in [1.54, 1.807) is 0 Å². The number of rotatable bonds is 21. The maximum Gasteiger partial charge on any atom is 0.325 e. The molecule has 1 aliphatic heterocycles. The van der Waals surface area contributed by atoms with Gasteiger partial charge in [-0.15, -0.1) is 0 Å². The van der Waals surface area contributed by atoms with Crippen molar-refractivity contribution >= 4 is 47.3 Å². The zero-order valence-corrected chi connectivity index (χ0v) is 28.5. The van der Waals surface area contributed by atoms with Crippen LogP contribution in [0.5, 0.6) is 0 Å². The van der Waals surface area contributed by atoms with Crippen LogP contribution < -0.4 is 43.8 Å². The van der Waals surface area contributed by atoms with Gasteiger partial charge in [-0.3, -0.25) is 38.4 Å². The largest absolute Gasteiger partial charge is 0.480 e. The number of aliphatic hydroxyl groups is 1. The van der Waals surface area contributed by atoms with Gasteiger partial charge in [0.15, 0.2) is 0 Å². The van der Waals surface area contributed by atoms with Gasteiger partial charge in [0.2, 0.25) is 41.4 Å². The van der Waals surface area contributed by atoms with Crippen LogP contribution in [0.1, 0.15) is 72.6 Å². The summed E-state index contributed by atoms with van der Waals surface area (Å²) in [5, 5.41) is 31.2. The SMILES string of the molecule is CC(C)C[C@H](NC(=O)CN)C(=O)N[C@@H](CCCCN)C(=O)N1CCC[C@H]1C(=O)N[C@@H](CC(N)=O)C(=O)N[C@H](C(=O)N[C@@H](C)C(=O)O)[C@@H](C)O. The molecule has 0 spiro atoms. The average Bonchev–Trinajstić information content (AvgIpc) is 3.51. The number of primary amides is 1. The molecule has 278 valence electrons. The second-order valence-corrected chi connectivity index (χ2v) is 12.5. The van der Waals surface area contributed by atoms with Crippen LogP contribution in [0, 0.1) is 5.92 Å². The van der Waals surface area contributed by atoms with Crippen LogP contribution in [0.2, 0.25) is 0 Å². The van der Waals surface area contributed by atoms with Gasteiger partial charge < -0.3 is 58.9 Å². The van der Waals surface area contributed by atoms with Crippen molar-refractivity contribution in [1.82, 2.24) is 31.5 Å². The van der Waals surface area contributed by atoms with Gasteiger partial charge in [0.05, 0.1) is 19.1 Å². The van der Waals surface area contributed by atoms with Crippen LogP contribution in [-0.4, -0.2) is 124 Å². The van der Waals surface area contributed by atoms with E-state index in [2.05, 4.69) is 26.6 Å². The summed E-state index contributed by atoms with van der Waals surface area (Å²) in [6.45, 7) is 6.19. The number of nitrogens with two attached hydrogens (primary N) is 3. The molecule has 0 aliphatic carbocycles. The van der Waals surface area contributed by atoms with Crippen molar-refractivity contribution < 1.29 is 48.6 Å². The van der Waals surface area contributed by atoms with Gasteiger partial charge in [0, 0.05) is 6.54 Å². The Labute approximate surface area is 285 Å². The highest BCUT2D eigenvalue weighted by molar-refractivity contribution is 5.98. The van der Waals surface area contributed by atoms with E-state index < -0.39 is 96.1 Å². The van der Waals surface area contributed by atoms with Crippen molar-refractivity contribution in [2.45, 2.75) is 115 Å². The molecule has 1 saturated heterocycles. The van der Waals surface area contributed by atoms with Gasteiger partial charge >= 0.3 is 5.97 Å². The Kier molecular flexibility index (Phi) is 18.2. The van der Waals surface area contributed by atoms with E-state index in [0.717, 1.165) is 0 Å². The van der Waals surface area contributed by atoms with Crippen molar-refractivity contribution in [3.05, 3.63) is 0 Å². The fraction of sp³-hybridized carbons (Fsp3) is 0.733. The van der Waals surface area contributed by atoms with Crippen molar-refractivity contribution in [3.63, 3.8) is 0 Å². The van der Waals surface area contributed by atoms with Gasteiger partial charge in [0.1, 0.15) is 36.3 Å². The molecule has 1 rings (SSSR count). The molecule has 49 heavy (non-hydrogen) atoms. The number of hydrogen-bond acceptors (Lipinski definition) is 11. The zero-order chi connectivity index (χ0) is 37.4.